The third-order valence-corrected chi connectivity index (χ3v) is 2.49. The van der Waals surface area contributed by atoms with E-state index < -0.39 is 5.97 Å². The second-order valence-corrected chi connectivity index (χ2v) is 3.43. The first-order chi connectivity index (χ1) is 6.57. The lowest BCUT2D eigenvalue weighted by molar-refractivity contribution is 0.0696. The van der Waals surface area contributed by atoms with Crippen molar-refractivity contribution in [3.8, 4) is 0 Å². The highest BCUT2D eigenvalue weighted by Gasteiger charge is 2.16. The quantitative estimate of drug-likeness (QED) is 0.725. The molecule has 1 aromatic rings. The van der Waals surface area contributed by atoms with Crippen molar-refractivity contribution in [1.82, 2.24) is 0 Å². The van der Waals surface area contributed by atoms with Gasteiger partial charge in [0.05, 0.1) is 5.56 Å². The molecule has 1 aromatic carbocycles. The number of carboxylic acid groups (broad SMARTS) is 1. The van der Waals surface area contributed by atoms with E-state index in [1.54, 1.807) is 12.1 Å². The van der Waals surface area contributed by atoms with E-state index in [0.717, 1.165) is 12.0 Å². The number of aromatic carboxylic acids is 1. The van der Waals surface area contributed by atoms with Crippen LogP contribution in [0.2, 0.25) is 0 Å². The van der Waals surface area contributed by atoms with Crippen LogP contribution in [0.3, 0.4) is 0 Å². The van der Waals surface area contributed by atoms with Crippen molar-refractivity contribution in [2.45, 2.75) is 26.2 Å². The Balaban J connectivity index is 3.28. The smallest absolute Gasteiger partial charge is 0.338 e. The van der Waals surface area contributed by atoms with Crippen LogP contribution in [0.25, 0.3) is 0 Å². The van der Waals surface area contributed by atoms with Crippen LogP contribution in [0.5, 0.6) is 0 Å². The zero-order valence-electron chi connectivity index (χ0n) is 8.45. The first-order valence-electron chi connectivity index (χ1n) is 4.69. The van der Waals surface area contributed by atoms with E-state index in [1.165, 1.54) is 0 Å². The molecule has 3 heteroatoms. The van der Waals surface area contributed by atoms with Crippen molar-refractivity contribution in [1.29, 1.82) is 0 Å². The van der Waals surface area contributed by atoms with Crippen LogP contribution < -0.4 is 5.73 Å². The molecule has 3 nitrogen and oxygen atoms in total. The molecule has 0 saturated carbocycles. The van der Waals surface area contributed by atoms with Gasteiger partial charge in [0.25, 0.3) is 0 Å². The monoisotopic (exact) mass is 193 g/mol. The zero-order chi connectivity index (χ0) is 10.7. The standard InChI is InChI=1S/C11H15NO2/c1-3-7(2)8-5-4-6-9(12)10(8)11(13)14/h4-7H,3,12H2,1-2H3,(H,13,14). The van der Waals surface area contributed by atoms with Crippen LogP contribution >= 0.6 is 0 Å². The molecule has 76 valence electrons. The molecule has 0 aliphatic rings. The van der Waals surface area contributed by atoms with Crippen molar-refractivity contribution in [3.63, 3.8) is 0 Å². The molecule has 1 rings (SSSR count). The lowest BCUT2D eigenvalue weighted by Crippen LogP contribution is -2.08. The first kappa shape index (κ1) is 10.6. The number of carbonyl (C=O) groups is 1. The van der Waals surface area contributed by atoms with Gasteiger partial charge in [0.15, 0.2) is 0 Å². The van der Waals surface area contributed by atoms with E-state index in [-0.39, 0.29) is 11.5 Å². The van der Waals surface area contributed by atoms with Crippen molar-refractivity contribution < 1.29 is 9.90 Å². The molecule has 0 fully saturated rings. The summed E-state index contributed by atoms with van der Waals surface area (Å²) in [6, 6.07) is 5.24. The summed E-state index contributed by atoms with van der Waals surface area (Å²) in [5.74, 6) is -0.719. The number of carboxylic acids is 1. The zero-order valence-corrected chi connectivity index (χ0v) is 8.45. The molecule has 14 heavy (non-hydrogen) atoms. The second kappa shape index (κ2) is 4.13. The molecule has 0 aliphatic heterocycles. The summed E-state index contributed by atoms with van der Waals surface area (Å²) in [7, 11) is 0. The average molecular weight is 193 g/mol. The van der Waals surface area contributed by atoms with Gasteiger partial charge in [0, 0.05) is 5.69 Å². The molecular formula is C11H15NO2. The third-order valence-electron chi connectivity index (χ3n) is 2.49. The molecule has 0 saturated heterocycles. The molecule has 0 aliphatic carbocycles. The predicted molar refractivity (Wildman–Crippen MR) is 56.5 cm³/mol. The molecule has 0 amide bonds. The van der Waals surface area contributed by atoms with Gasteiger partial charge in [-0.25, -0.2) is 4.79 Å². The van der Waals surface area contributed by atoms with E-state index in [1.807, 2.05) is 19.9 Å². The van der Waals surface area contributed by atoms with Gasteiger partial charge in [-0.3, -0.25) is 0 Å². The summed E-state index contributed by atoms with van der Waals surface area (Å²) in [5.41, 5.74) is 7.05. The van der Waals surface area contributed by atoms with E-state index in [4.69, 9.17) is 10.8 Å². The number of anilines is 1. The topological polar surface area (TPSA) is 63.3 Å². The van der Waals surface area contributed by atoms with Crippen LogP contribution in [0, 0.1) is 0 Å². The highest BCUT2D eigenvalue weighted by Crippen LogP contribution is 2.26. The highest BCUT2D eigenvalue weighted by molar-refractivity contribution is 5.95. The molecule has 0 aromatic heterocycles. The van der Waals surface area contributed by atoms with E-state index in [0.29, 0.717) is 5.69 Å². The fourth-order valence-electron chi connectivity index (χ4n) is 1.47. The third kappa shape index (κ3) is 1.87. The Morgan fingerprint density at radius 2 is 2.21 bits per heavy atom. The van der Waals surface area contributed by atoms with Crippen LogP contribution in [-0.2, 0) is 0 Å². The maximum atomic E-state index is 11.0. The molecule has 3 N–H and O–H groups in total. The number of nitrogens with two attached hydrogens (primary N) is 1. The van der Waals surface area contributed by atoms with Crippen LogP contribution in [0.15, 0.2) is 18.2 Å². The number of hydrogen-bond acceptors (Lipinski definition) is 2. The Morgan fingerprint density at radius 3 is 2.71 bits per heavy atom. The number of rotatable bonds is 3. The summed E-state index contributed by atoms with van der Waals surface area (Å²) in [6.45, 7) is 4.03. The maximum Gasteiger partial charge on any atom is 0.338 e. The van der Waals surface area contributed by atoms with Gasteiger partial charge in [-0.15, -0.1) is 0 Å². The van der Waals surface area contributed by atoms with Gasteiger partial charge >= 0.3 is 5.97 Å². The Morgan fingerprint density at radius 1 is 1.57 bits per heavy atom. The lowest BCUT2D eigenvalue weighted by Gasteiger charge is -2.13. The molecule has 0 heterocycles. The fourth-order valence-corrected chi connectivity index (χ4v) is 1.47. The van der Waals surface area contributed by atoms with Gasteiger partial charge in [0.2, 0.25) is 0 Å². The minimum atomic E-state index is -0.946. The van der Waals surface area contributed by atoms with Crippen molar-refractivity contribution in [2.75, 3.05) is 5.73 Å². The minimum absolute atomic E-state index is 0.226. The number of benzene rings is 1. The summed E-state index contributed by atoms with van der Waals surface area (Å²) in [5, 5.41) is 9.01. The fraction of sp³-hybridized carbons (Fsp3) is 0.364. The number of hydrogen-bond donors (Lipinski definition) is 2. The molecule has 1 atom stereocenters. The van der Waals surface area contributed by atoms with Gasteiger partial charge in [-0.2, -0.15) is 0 Å². The Labute approximate surface area is 83.6 Å². The number of nitrogen functional groups attached to an aromatic ring is 1. The minimum Gasteiger partial charge on any atom is -0.478 e. The molecular weight excluding hydrogens is 178 g/mol. The molecule has 0 spiro atoms. The predicted octanol–water partition coefficient (Wildman–Crippen LogP) is 2.48. The van der Waals surface area contributed by atoms with Crippen LogP contribution in [0.4, 0.5) is 5.69 Å². The lowest BCUT2D eigenvalue weighted by atomic mass is 9.93. The Bertz CT molecular complexity index is 347. The highest BCUT2D eigenvalue weighted by atomic mass is 16.4. The van der Waals surface area contributed by atoms with Gasteiger partial charge in [0.1, 0.15) is 0 Å². The van der Waals surface area contributed by atoms with E-state index in [2.05, 4.69) is 0 Å². The average Bonchev–Trinajstić information content (AvgIpc) is 2.15. The summed E-state index contributed by atoms with van der Waals surface area (Å²) >= 11 is 0. The first-order valence-corrected chi connectivity index (χ1v) is 4.69. The normalized spacial score (nSPS) is 12.4. The summed E-state index contributed by atoms with van der Waals surface area (Å²) < 4.78 is 0. The molecule has 0 bridgehead atoms. The molecule has 1 unspecified atom stereocenters. The van der Waals surface area contributed by atoms with Crippen molar-refractivity contribution in [3.05, 3.63) is 29.3 Å². The largest absolute Gasteiger partial charge is 0.478 e. The van der Waals surface area contributed by atoms with Crippen LogP contribution in [0.1, 0.15) is 42.1 Å². The Hall–Kier alpha value is -1.51. The van der Waals surface area contributed by atoms with E-state index in [9.17, 15) is 4.79 Å². The SMILES string of the molecule is CCC(C)c1cccc(N)c1C(=O)O. The van der Waals surface area contributed by atoms with Crippen LogP contribution in [-0.4, -0.2) is 11.1 Å². The van der Waals surface area contributed by atoms with Gasteiger partial charge in [-0.05, 0) is 24.0 Å². The summed E-state index contributed by atoms with van der Waals surface area (Å²) in [6.07, 6.45) is 0.906. The molecule has 0 radical (unpaired) electrons. The Kier molecular flexibility index (Phi) is 3.12. The van der Waals surface area contributed by atoms with Crippen molar-refractivity contribution in [2.24, 2.45) is 0 Å². The van der Waals surface area contributed by atoms with Gasteiger partial charge in [-0.1, -0.05) is 26.0 Å². The van der Waals surface area contributed by atoms with Gasteiger partial charge < -0.3 is 10.8 Å². The van der Waals surface area contributed by atoms with E-state index >= 15 is 0 Å². The summed E-state index contributed by atoms with van der Waals surface area (Å²) in [4.78, 5) is 11.0. The van der Waals surface area contributed by atoms with Crippen molar-refractivity contribution >= 4 is 11.7 Å². The second-order valence-electron chi connectivity index (χ2n) is 3.43. The maximum absolute atomic E-state index is 11.0.